The molecule has 0 bridgehead atoms. The Balaban J connectivity index is 0.000000110. The van der Waals surface area contributed by atoms with Crippen LogP contribution in [0, 0.1) is 0 Å². The number of hydrogen-bond donors (Lipinski definition) is 0. The Bertz CT molecular complexity index is 37.3. The van der Waals surface area contributed by atoms with Crippen LogP contribution in [-0.4, -0.2) is 5.75 Å². The summed E-state index contributed by atoms with van der Waals surface area (Å²) < 4.78 is 0. The molecule has 7 heavy (non-hydrogen) atoms. The van der Waals surface area contributed by atoms with Gasteiger partial charge in [-0.05, 0) is 11.6 Å². The van der Waals surface area contributed by atoms with Crippen LogP contribution in [0.3, 0.4) is 0 Å². The third-order valence-corrected chi connectivity index (χ3v) is 1.000. The molecule has 0 atom stereocenters. The molecule has 0 amide bonds. The Morgan fingerprint density at radius 3 is 1.29 bits per heavy atom. The van der Waals surface area contributed by atoms with E-state index in [-0.39, 0.29) is 5.75 Å². The van der Waals surface area contributed by atoms with E-state index in [9.17, 15) is 0 Å². The van der Waals surface area contributed by atoms with Gasteiger partial charge in [-0.15, -0.1) is 0 Å². The van der Waals surface area contributed by atoms with Crippen LogP contribution >= 0.6 is 11.6 Å². The summed E-state index contributed by atoms with van der Waals surface area (Å²) in [4.78, 5) is 8.57. The van der Waals surface area contributed by atoms with Gasteiger partial charge in [0.1, 0.15) is 0 Å². The van der Waals surface area contributed by atoms with E-state index in [1.165, 1.54) is 25.7 Å². The van der Waals surface area contributed by atoms with Gasteiger partial charge in [0.15, 0.2) is 0 Å². The first-order valence-corrected chi connectivity index (χ1v) is 2.89. The first-order chi connectivity index (χ1) is 3.41. The van der Waals surface area contributed by atoms with Crippen LogP contribution in [0.1, 0.15) is 25.7 Å². The minimum Gasteiger partial charge on any atom is -0.285 e. The zero-order chi connectivity index (χ0) is 5.54. The predicted octanol–water partition coefficient (Wildman–Crippen LogP) is 1.98. The maximum atomic E-state index is 8.57. The summed E-state index contributed by atoms with van der Waals surface area (Å²) in [7, 11) is 0. The Morgan fingerprint density at radius 1 is 1.14 bits per heavy atom. The van der Waals surface area contributed by atoms with E-state index in [1.807, 2.05) is 0 Å². The van der Waals surface area contributed by atoms with Crippen molar-refractivity contribution in [3.05, 3.63) is 0 Å². The molecule has 0 spiro atoms. The highest BCUT2D eigenvalue weighted by atomic mass is 35.5. The average Bonchev–Trinajstić information content (AvgIpc) is 1.27. The quantitative estimate of drug-likeness (QED) is 0.353. The van der Waals surface area contributed by atoms with E-state index in [2.05, 4.69) is 11.6 Å². The molecule has 1 fully saturated rings. The molecule has 0 aromatic heterocycles. The number of hydrogen-bond acceptors (Lipinski definition) is 1. The van der Waals surface area contributed by atoms with E-state index < -0.39 is 0 Å². The summed E-state index contributed by atoms with van der Waals surface area (Å²) in [5.41, 5.74) is 0. The zero-order valence-corrected chi connectivity index (χ0v) is 4.95. The van der Waals surface area contributed by atoms with Crippen molar-refractivity contribution in [1.82, 2.24) is 0 Å². The van der Waals surface area contributed by atoms with Gasteiger partial charge < -0.3 is 0 Å². The van der Waals surface area contributed by atoms with Crippen molar-refractivity contribution in [1.29, 1.82) is 0 Å². The van der Waals surface area contributed by atoms with Gasteiger partial charge >= 0.3 is 0 Å². The van der Waals surface area contributed by atoms with Crippen molar-refractivity contribution >= 4 is 17.3 Å². The first-order valence-electron chi connectivity index (χ1n) is 2.45. The highest BCUT2D eigenvalue weighted by Gasteiger charge is 1.95. The maximum absolute atomic E-state index is 8.57. The molecule has 0 radical (unpaired) electrons. The second-order valence-corrected chi connectivity index (χ2v) is 1.68. The molecule has 1 rings (SSSR count). The fraction of sp³-hybridized carbons (Fsp3) is 0.800. The summed E-state index contributed by atoms with van der Waals surface area (Å²) >= 11 is 4.32. The first kappa shape index (κ1) is 6.96. The van der Waals surface area contributed by atoms with Crippen LogP contribution in [-0.2, 0) is 4.79 Å². The summed E-state index contributed by atoms with van der Waals surface area (Å²) in [5.74, 6) is 0.222. The second kappa shape index (κ2) is 5.96. The third kappa shape index (κ3) is 5.96. The summed E-state index contributed by atoms with van der Waals surface area (Å²) in [6, 6.07) is 0. The highest BCUT2D eigenvalue weighted by molar-refractivity contribution is 6.54. The Morgan fingerprint density at radius 2 is 1.29 bits per heavy atom. The van der Waals surface area contributed by atoms with Crippen molar-refractivity contribution in [3.63, 3.8) is 0 Å². The Kier molecular flexibility index (Phi) is 5.93. The van der Waals surface area contributed by atoms with E-state index in [4.69, 9.17) is 4.79 Å². The molecule has 0 aromatic carbocycles. The molecule has 1 aliphatic rings. The molecular formula is C5H9ClO. The molecule has 0 N–H and O–H groups in total. The molecule has 0 aliphatic heterocycles. The van der Waals surface area contributed by atoms with Crippen molar-refractivity contribution in [2.45, 2.75) is 25.7 Å². The monoisotopic (exact) mass is 120 g/mol. The topological polar surface area (TPSA) is 17.1 Å². The van der Waals surface area contributed by atoms with Crippen LogP contribution in [0.5, 0.6) is 0 Å². The summed E-state index contributed by atoms with van der Waals surface area (Å²) in [6.45, 7) is 0. The summed E-state index contributed by atoms with van der Waals surface area (Å²) in [5, 5.41) is 0. The fourth-order valence-electron chi connectivity index (χ4n) is 0.250. The van der Waals surface area contributed by atoms with Gasteiger partial charge in [0.25, 0.3) is 0 Å². The van der Waals surface area contributed by atoms with Gasteiger partial charge in [-0.3, -0.25) is 4.79 Å². The summed E-state index contributed by atoms with van der Waals surface area (Å²) in [6.07, 6.45) is 6.00. The SMILES string of the molecule is C1CCC1.O=CCl. The Labute approximate surface area is 48.7 Å². The van der Waals surface area contributed by atoms with Crippen LogP contribution in [0.25, 0.3) is 0 Å². The van der Waals surface area contributed by atoms with Gasteiger partial charge in [-0.2, -0.15) is 0 Å². The normalized spacial score (nSPS) is 15.6. The number of rotatable bonds is 0. The van der Waals surface area contributed by atoms with Crippen LogP contribution < -0.4 is 0 Å². The molecule has 1 aliphatic carbocycles. The third-order valence-electron chi connectivity index (χ3n) is 1.000. The van der Waals surface area contributed by atoms with Crippen molar-refractivity contribution in [2.24, 2.45) is 0 Å². The fourth-order valence-corrected chi connectivity index (χ4v) is 0.250. The predicted molar refractivity (Wildman–Crippen MR) is 31.1 cm³/mol. The maximum Gasteiger partial charge on any atom is 0.208 e. The number of carbonyl (C=O) groups excluding carboxylic acids is 1. The van der Waals surface area contributed by atoms with Gasteiger partial charge in [0.05, 0.1) is 0 Å². The molecule has 2 heteroatoms. The molecule has 0 saturated heterocycles. The van der Waals surface area contributed by atoms with Crippen molar-refractivity contribution in [2.75, 3.05) is 0 Å². The van der Waals surface area contributed by atoms with Crippen LogP contribution in [0.2, 0.25) is 0 Å². The lowest BCUT2D eigenvalue weighted by molar-refractivity contribution is 0.504. The largest absolute Gasteiger partial charge is 0.285 e. The lowest BCUT2D eigenvalue weighted by Gasteiger charge is -2.05. The van der Waals surface area contributed by atoms with E-state index >= 15 is 0 Å². The highest BCUT2D eigenvalue weighted by Crippen LogP contribution is 2.15. The van der Waals surface area contributed by atoms with Crippen molar-refractivity contribution < 1.29 is 4.79 Å². The van der Waals surface area contributed by atoms with Crippen LogP contribution in [0.15, 0.2) is 0 Å². The van der Waals surface area contributed by atoms with Gasteiger partial charge in [0, 0.05) is 0 Å². The van der Waals surface area contributed by atoms with Crippen molar-refractivity contribution in [3.8, 4) is 0 Å². The molecule has 0 aromatic rings. The van der Waals surface area contributed by atoms with Gasteiger partial charge in [-0.1, -0.05) is 25.7 Å². The number of carbonyl (C=O) groups is 1. The standard InChI is InChI=1S/C4H8.CHClO/c1-2-4-3-1;2-1-3/h1-4H2;1H. The minimum absolute atomic E-state index is 0.222. The van der Waals surface area contributed by atoms with Gasteiger partial charge in [0.2, 0.25) is 5.75 Å². The van der Waals surface area contributed by atoms with E-state index in [0.717, 1.165) is 0 Å². The van der Waals surface area contributed by atoms with E-state index in [1.54, 1.807) is 0 Å². The minimum atomic E-state index is 0.222. The molecule has 0 heterocycles. The Hall–Kier alpha value is -0.0400. The van der Waals surface area contributed by atoms with Crippen LogP contribution in [0.4, 0.5) is 0 Å². The molecular weight excluding hydrogens is 112 g/mol. The second-order valence-electron chi connectivity index (χ2n) is 1.50. The van der Waals surface area contributed by atoms with E-state index in [0.29, 0.717) is 0 Å². The molecule has 1 nitrogen and oxygen atoms in total. The average molecular weight is 121 g/mol. The molecule has 1 saturated carbocycles. The lowest BCUT2D eigenvalue weighted by Crippen LogP contribution is -1.85. The number of halogens is 1. The molecule has 42 valence electrons. The smallest absolute Gasteiger partial charge is 0.208 e. The van der Waals surface area contributed by atoms with Gasteiger partial charge in [-0.25, -0.2) is 0 Å². The lowest BCUT2D eigenvalue weighted by atomic mass is 10.0. The molecule has 0 unspecified atom stereocenters. The zero-order valence-electron chi connectivity index (χ0n) is 4.19.